The third-order valence-corrected chi connectivity index (χ3v) is 5.92. The number of hydrogen-bond acceptors (Lipinski definition) is 4. The fourth-order valence-electron chi connectivity index (χ4n) is 3.55. The smallest absolute Gasteiger partial charge is 0.255 e. The van der Waals surface area contributed by atoms with Gasteiger partial charge in [-0.05, 0) is 37.7 Å². The zero-order valence-corrected chi connectivity index (χ0v) is 14.4. The molecule has 2 heterocycles. The predicted molar refractivity (Wildman–Crippen MR) is 95.6 cm³/mol. The van der Waals surface area contributed by atoms with E-state index in [1.54, 1.807) is 0 Å². The zero-order valence-electron chi connectivity index (χ0n) is 14.4. The molecule has 0 unspecified atom stereocenters. The summed E-state index contributed by atoms with van der Waals surface area (Å²) in [5.41, 5.74) is 3.20. The average molecular weight is 300 g/mol. The van der Waals surface area contributed by atoms with E-state index < -0.39 is 0 Å². The Bertz CT molecular complexity index is 502. The summed E-state index contributed by atoms with van der Waals surface area (Å²) in [6.07, 6.45) is 1.19. The van der Waals surface area contributed by atoms with Gasteiger partial charge >= 0.3 is 0 Å². The van der Waals surface area contributed by atoms with Crippen molar-refractivity contribution in [3.63, 3.8) is 0 Å². The molecule has 0 bridgehead atoms. The van der Waals surface area contributed by atoms with Crippen LogP contribution in [0.5, 0.6) is 0 Å². The van der Waals surface area contributed by atoms with Crippen LogP contribution >= 0.6 is 0 Å². The number of rotatable bonds is 2. The van der Waals surface area contributed by atoms with E-state index in [-0.39, 0.29) is 5.54 Å². The van der Waals surface area contributed by atoms with Gasteiger partial charge in [0.15, 0.2) is 0 Å². The van der Waals surface area contributed by atoms with Crippen LogP contribution in [0.4, 0.5) is 5.69 Å². The molecule has 0 radical (unpaired) electrons. The third kappa shape index (κ3) is 2.90. The van der Waals surface area contributed by atoms with Crippen molar-refractivity contribution in [2.75, 3.05) is 31.1 Å². The molecule has 4 nitrogen and oxygen atoms in total. The van der Waals surface area contributed by atoms with Crippen LogP contribution in [0.25, 0.3) is 0 Å². The Morgan fingerprint density at radius 3 is 2.09 bits per heavy atom. The molecule has 2 fully saturated rings. The van der Waals surface area contributed by atoms with E-state index in [2.05, 4.69) is 62.1 Å². The van der Waals surface area contributed by atoms with Crippen LogP contribution in [0.15, 0.2) is 24.3 Å². The highest BCUT2D eigenvalue weighted by Crippen LogP contribution is 2.40. The van der Waals surface area contributed by atoms with Gasteiger partial charge in [0, 0.05) is 37.4 Å². The van der Waals surface area contributed by atoms with Gasteiger partial charge in [0.25, 0.3) is 6.85 Å². The van der Waals surface area contributed by atoms with E-state index in [1.165, 1.54) is 17.5 Å². The SMILES string of the molecule is CC1(C)CB(c2ccc(N3CCN(N)CC3)cc2)NC1(C)C. The summed E-state index contributed by atoms with van der Waals surface area (Å²) >= 11 is 0. The monoisotopic (exact) mass is 300 g/mol. The maximum absolute atomic E-state index is 5.83. The van der Waals surface area contributed by atoms with Gasteiger partial charge in [-0.15, -0.1) is 0 Å². The van der Waals surface area contributed by atoms with Gasteiger partial charge in [0.1, 0.15) is 0 Å². The van der Waals surface area contributed by atoms with Crippen molar-refractivity contribution in [1.29, 1.82) is 0 Å². The molecule has 22 heavy (non-hydrogen) atoms. The Morgan fingerprint density at radius 1 is 1.00 bits per heavy atom. The molecule has 1 aromatic rings. The molecular formula is C17H29BN4. The van der Waals surface area contributed by atoms with Gasteiger partial charge in [0.05, 0.1) is 0 Å². The van der Waals surface area contributed by atoms with Gasteiger partial charge in [-0.25, -0.2) is 5.01 Å². The number of hydrogen-bond donors (Lipinski definition) is 2. The van der Waals surface area contributed by atoms with Gasteiger partial charge in [-0.3, -0.25) is 5.84 Å². The topological polar surface area (TPSA) is 44.5 Å². The van der Waals surface area contributed by atoms with E-state index in [0.717, 1.165) is 26.2 Å². The molecule has 3 N–H and O–H groups in total. The maximum atomic E-state index is 5.83. The van der Waals surface area contributed by atoms with Crippen molar-refractivity contribution >= 4 is 18.0 Å². The molecule has 0 atom stereocenters. The molecule has 0 aliphatic carbocycles. The molecule has 2 saturated heterocycles. The van der Waals surface area contributed by atoms with Crippen LogP contribution in [0, 0.1) is 5.41 Å². The number of nitrogens with zero attached hydrogens (tertiary/aromatic N) is 2. The summed E-state index contributed by atoms with van der Waals surface area (Å²) in [5.74, 6) is 5.83. The van der Waals surface area contributed by atoms with Crippen LogP contribution in [-0.4, -0.2) is 43.6 Å². The second-order valence-corrected chi connectivity index (χ2v) is 8.02. The molecule has 0 spiro atoms. The Morgan fingerprint density at radius 2 is 1.59 bits per heavy atom. The fraction of sp³-hybridized carbons (Fsp3) is 0.647. The number of hydrazine groups is 1. The molecule has 2 aliphatic heterocycles. The van der Waals surface area contributed by atoms with E-state index in [0.29, 0.717) is 12.3 Å². The van der Waals surface area contributed by atoms with Gasteiger partial charge in [-0.2, -0.15) is 0 Å². The van der Waals surface area contributed by atoms with Gasteiger partial charge in [0.2, 0.25) is 0 Å². The van der Waals surface area contributed by atoms with E-state index >= 15 is 0 Å². The molecule has 5 heteroatoms. The molecule has 3 rings (SSSR count). The van der Waals surface area contributed by atoms with Crippen molar-refractivity contribution in [3.05, 3.63) is 24.3 Å². The highest BCUT2D eigenvalue weighted by atomic mass is 15.4. The molecule has 120 valence electrons. The molecule has 0 amide bonds. The average Bonchev–Trinajstić information content (AvgIpc) is 2.68. The second kappa shape index (κ2) is 5.55. The van der Waals surface area contributed by atoms with Crippen LogP contribution < -0.4 is 21.4 Å². The minimum absolute atomic E-state index is 0.174. The minimum Gasteiger partial charge on any atom is -0.369 e. The highest BCUT2D eigenvalue weighted by molar-refractivity contribution is 6.72. The number of piperazine rings is 1. The van der Waals surface area contributed by atoms with Crippen molar-refractivity contribution in [3.8, 4) is 0 Å². The summed E-state index contributed by atoms with van der Waals surface area (Å²) in [6.45, 7) is 13.7. The molecule has 0 aromatic heterocycles. The first-order valence-corrected chi connectivity index (χ1v) is 8.41. The summed E-state index contributed by atoms with van der Waals surface area (Å²) in [6, 6.07) is 9.11. The Hall–Kier alpha value is -1.04. The van der Waals surface area contributed by atoms with E-state index in [1.807, 2.05) is 5.01 Å². The Labute approximate surface area is 135 Å². The lowest BCUT2D eigenvalue weighted by Crippen LogP contribution is -2.50. The van der Waals surface area contributed by atoms with Crippen LogP contribution in [0.1, 0.15) is 27.7 Å². The van der Waals surface area contributed by atoms with Crippen LogP contribution in [0.3, 0.4) is 0 Å². The van der Waals surface area contributed by atoms with Crippen molar-refractivity contribution < 1.29 is 0 Å². The number of anilines is 1. The Balaban J connectivity index is 1.70. The number of nitrogens with one attached hydrogen (secondary N) is 1. The molecule has 2 aliphatic rings. The van der Waals surface area contributed by atoms with Crippen molar-refractivity contribution in [1.82, 2.24) is 10.2 Å². The highest BCUT2D eigenvalue weighted by Gasteiger charge is 2.47. The summed E-state index contributed by atoms with van der Waals surface area (Å²) in [5, 5.41) is 5.71. The lowest BCUT2D eigenvalue weighted by atomic mass is 9.52. The first-order valence-electron chi connectivity index (χ1n) is 8.41. The first-order chi connectivity index (χ1) is 10.3. The predicted octanol–water partition coefficient (Wildman–Crippen LogP) is 1.29. The molecular weight excluding hydrogens is 271 g/mol. The maximum Gasteiger partial charge on any atom is 0.255 e. The molecule has 0 saturated carbocycles. The quantitative estimate of drug-likeness (QED) is 0.638. The Kier molecular flexibility index (Phi) is 4.00. The summed E-state index contributed by atoms with van der Waals surface area (Å²) in [7, 11) is 0. The van der Waals surface area contributed by atoms with Crippen LogP contribution in [-0.2, 0) is 0 Å². The fourth-order valence-corrected chi connectivity index (χ4v) is 3.55. The summed E-state index contributed by atoms with van der Waals surface area (Å²) < 4.78 is 0. The lowest BCUT2D eigenvalue weighted by molar-refractivity contribution is 0.236. The normalized spacial score (nSPS) is 24.8. The number of benzene rings is 1. The third-order valence-electron chi connectivity index (χ3n) is 5.92. The minimum atomic E-state index is 0.174. The van der Waals surface area contributed by atoms with Gasteiger partial charge in [-0.1, -0.05) is 31.4 Å². The van der Waals surface area contributed by atoms with Crippen molar-refractivity contribution in [2.45, 2.75) is 39.6 Å². The number of nitrogens with two attached hydrogens (primary N) is 1. The first kappa shape index (κ1) is 15.8. The standard InChI is InChI=1S/C17H29BN4/c1-16(2)13-18(20-17(16,3)4)14-5-7-15(8-6-14)21-9-11-22(19)12-10-21/h5-8,20H,9-13,19H2,1-4H3. The zero-order chi connectivity index (χ0) is 16.0. The summed E-state index contributed by atoms with van der Waals surface area (Å²) in [4.78, 5) is 2.42. The van der Waals surface area contributed by atoms with Gasteiger partial charge < -0.3 is 10.1 Å². The largest absolute Gasteiger partial charge is 0.369 e. The van der Waals surface area contributed by atoms with Crippen LogP contribution in [0.2, 0.25) is 6.32 Å². The molecule has 1 aromatic carbocycles. The lowest BCUT2D eigenvalue weighted by Gasteiger charge is -2.35. The van der Waals surface area contributed by atoms with E-state index in [9.17, 15) is 0 Å². The second-order valence-electron chi connectivity index (χ2n) is 8.02. The van der Waals surface area contributed by atoms with E-state index in [4.69, 9.17) is 5.84 Å². The van der Waals surface area contributed by atoms with Crippen molar-refractivity contribution in [2.24, 2.45) is 11.3 Å².